The normalized spacial score (nSPS) is 12.2. The predicted octanol–water partition coefficient (Wildman–Crippen LogP) is 2.77. The molecule has 94 valence electrons. The number of pyridine rings is 1. The summed E-state index contributed by atoms with van der Waals surface area (Å²) in [5.41, 5.74) is 1.32. The standard InChI is InChI=1S/C12H17ClN2OS/c1-8(7-17-3)6-14-12(16)10-4-9(2)15-11(13)5-10/h4-5,8H,6-7H2,1-3H3,(H,14,16). The van der Waals surface area contributed by atoms with E-state index in [0.29, 0.717) is 23.2 Å². The minimum absolute atomic E-state index is 0.0923. The summed E-state index contributed by atoms with van der Waals surface area (Å²) in [7, 11) is 0. The average Bonchev–Trinajstić information content (AvgIpc) is 2.25. The molecule has 0 radical (unpaired) electrons. The number of aromatic nitrogens is 1. The Kier molecular flexibility index (Phi) is 5.78. The highest BCUT2D eigenvalue weighted by Crippen LogP contribution is 2.10. The molecule has 0 aliphatic carbocycles. The molecule has 3 nitrogen and oxygen atoms in total. The Bertz CT molecular complexity index is 378. The molecule has 0 fully saturated rings. The molecule has 0 aromatic carbocycles. The molecule has 1 amide bonds. The molecule has 0 spiro atoms. The van der Waals surface area contributed by atoms with Crippen molar-refractivity contribution in [3.05, 3.63) is 28.5 Å². The second-order valence-corrected chi connectivity index (χ2v) is 5.39. The Hall–Kier alpha value is -0.740. The molecule has 0 bridgehead atoms. The highest BCUT2D eigenvalue weighted by molar-refractivity contribution is 7.98. The number of hydrogen-bond acceptors (Lipinski definition) is 3. The zero-order valence-corrected chi connectivity index (χ0v) is 11.9. The van der Waals surface area contributed by atoms with E-state index in [1.807, 2.05) is 6.92 Å². The van der Waals surface area contributed by atoms with Gasteiger partial charge in [-0.3, -0.25) is 4.79 Å². The van der Waals surface area contributed by atoms with Crippen molar-refractivity contribution in [2.45, 2.75) is 13.8 Å². The van der Waals surface area contributed by atoms with Crippen LogP contribution in [-0.4, -0.2) is 29.4 Å². The molecular weight excluding hydrogens is 256 g/mol. The summed E-state index contributed by atoms with van der Waals surface area (Å²) in [6, 6.07) is 3.32. The van der Waals surface area contributed by atoms with Gasteiger partial charge in [-0.25, -0.2) is 4.98 Å². The fourth-order valence-corrected chi connectivity index (χ4v) is 2.41. The lowest BCUT2D eigenvalue weighted by atomic mass is 10.2. The number of nitrogens with one attached hydrogen (secondary N) is 1. The number of amides is 1. The van der Waals surface area contributed by atoms with Gasteiger partial charge in [0, 0.05) is 17.8 Å². The molecule has 1 N–H and O–H groups in total. The Morgan fingerprint density at radius 3 is 2.88 bits per heavy atom. The maximum Gasteiger partial charge on any atom is 0.251 e. The van der Waals surface area contributed by atoms with Gasteiger partial charge >= 0.3 is 0 Å². The molecule has 0 aliphatic rings. The summed E-state index contributed by atoms with van der Waals surface area (Å²) in [4.78, 5) is 15.9. The van der Waals surface area contributed by atoms with Crippen molar-refractivity contribution in [2.75, 3.05) is 18.6 Å². The predicted molar refractivity (Wildman–Crippen MR) is 73.9 cm³/mol. The van der Waals surface area contributed by atoms with E-state index >= 15 is 0 Å². The Morgan fingerprint density at radius 2 is 2.29 bits per heavy atom. The second-order valence-electron chi connectivity index (χ2n) is 4.09. The highest BCUT2D eigenvalue weighted by atomic mass is 35.5. The first-order valence-corrected chi connectivity index (χ1v) is 7.21. The molecule has 1 heterocycles. The summed E-state index contributed by atoms with van der Waals surface area (Å²) < 4.78 is 0. The molecule has 1 aromatic rings. The van der Waals surface area contributed by atoms with Crippen LogP contribution in [0.5, 0.6) is 0 Å². The van der Waals surface area contributed by atoms with Crippen molar-refractivity contribution in [1.29, 1.82) is 0 Å². The van der Waals surface area contributed by atoms with Crippen LogP contribution in [0.2, 0.25) is 5.15 Å². The molecule has 0 saturated carbocycles. The molecule has 17 heavy (non-hydrogen) atoms. The number of thioether (sulfide) groups is 1. The van der Waals surface area contributed by atoms with Crippen molar-refractivity contribution in [3.63, 3.8) is 0 Å². The number of aryl methyl sites for hydroxylation is 1. The van der Waals surface area contributed by atoms with Crippen LogP contribution in [0.4, 0.5) is 0 Å². The number of carbonyl (C=O) groups is 1. The van der Waals surface area contributed by atoms with Crippen LogP contribution in [0, 0.1) is 12.8 Å². The van der Waals surface area contributed by atoms with Crippen LogP contribution in [-0.2, 0) is 0 Å². The fourth-order valence-electron chi connectivity index (χ4n) is 1.47. The van der Waals surface area contributed by atoms with E-state index in [4.69, 9.17) is 11.6 Å². The topological polar surface area (TPSA) is 42.0 Å². The van der Waals surface area contributed by atoms with Crippen molar-refractivity contribution < 1.29 is 4.79 Å². The van der Waals surface area contributed by atoms with Gasteiger partial charge in [0.15, 0.2) is 0 Å². The first kappa shape index (κ1) is 14.3. The molecule has 1 aromatic heterocycles. The Balaban J connectivity index is 2.58. The fraction of sp³-hybridized carbons (Fsp3) is 0.500. The van der Waals surface area contributed by atoms with E-state index in [0.717, 1.165) is 11.4 Å². The van der Waals surface area contributed by atoms with Crippen LogP contribution in [0.15, 0.2) is 12.1 Å². The van der Waals surface area contributed by atoms with Gasteiger partial charge < -0.3 is 5.32 Å². The lowest BCUT2D eigenvalue weighted by Gasteiger charge is -2.11. The molecule has 1 atom stereocenters. The zero-order chi connectivity index (χ0) is 12.8. The maximum absolute atomic E-state index is 11.9. The summed E-state index contributed by atoms with van der Waals surface area (Å²) in [6.45, 7) is 4.61. The van der Waals surface area contributed by atoms with E-state index in [1.54, 1.807) is 23.9 Å². The Labute approximate surface area is 111 Å². The monoisotopic (exact) mass is 272 g/mol. The smallest absolute Gasteiger partial charge is 0.251 e. The van der Waals surface area contributed by atoms with E-state index in [9.17, 15) is 4.79 Å². The van der Waals surface area contributed by atoms with Crippen molar-refractivity contribution >= 4 is 29.3 Å². The van der Waals surface area contributed by atoms with E-state index in [1.165, 1.54) is 0 Å². The summed E-state index contributed by atoms with van der Waals surface area (Å²) in [5, 5.41) is 3.25. The van der Waals surface area contributed by atoms with Crippen LogP contribution in [0.1, 0.15) is 23.0 Å². The van der Waals surface area contributed by atoms with Gasteiger partial charge in [-0.15, -0.1) is 0 Å². The lowest BCUT2D eigenvalue weighted by molar-refractivity contribution is 0.0949. The number of hydrogen-bond donors (Lipinski definition) is 1. The van der Waals surface area contributed by atoms with Gasteiger partial charge in [-0.2, -0.15) is 11.8 Å². The SMILES string of the molecule is CSCC(C)CNC(=O)c1cc(C)nc(Cl)c1. The van der Waals surface area contributed by atoms with Crippen molar-refractivity contribution in [1.82, 2.24) is 10.3 Å². The summed E-state index contributed by atoms with van der Waals surface area (Å²) in [5.74, 6) is 1.41. The molecule has 0 aliphatic heterocycles. The van der Waals surface area contributed by atoms with E-state index < -0.39 is 0 Å². The van der Waals surface area contributed by atoms with Crippen molar-refractivity contribution in [2.24, 2.45) is 5.92 Å². The van der Waals surface area contributed by atoms with Gasteiger partial charge in [0.05, 0.1) is 0 Å². The average molecular weight is 273 g/mol. The third kappa shape index (κ3) is 4.96. The molecular formula is C12H17ClN2OS. The van der Waals surface area contributed by atoms with Crippen LogP contribution in [0.3, 0.4) is 0 Å². The first-order chi connectivity index (χ1) is 8.02. The Morgan fingerprint density at radius 1 is 1.59 bits per heavy atom. The van der Waals surface area contributed by atoms with Gasteiger partial charge in [-0.1, -0.05) is 18.5 Å². The third-order valence-corrected chi connectivity index (χ3v) is 3.34. The second kappa shape index (κ2) is 6.87. The highest BCUT2D eigenvalue weighted by Gasteiger charge is 2.09. The molecule has 1 unspecified atom stereocenters. The quantitative estimate of drug-likeness (QED) is 0.838. The number of nitrogens with zero attached hydrogens (tertiary/aromatic N) is 1. The van der Waals surface area contributed by atoms with Gasteiger partial charge in [0.2, 0.25) is 0 Å². The van der Waals surface area contributed by atoms with Gasteiger partial charge in [0.25, 0.3) is 5.91 Å². The van der Waals surface area contributed by atoms with Crippen molar-refractivity contribution in [3.8, 4) is 0 Å². The zero-order valence-electron chi connectivity index (χ0n) is 10.3. The van der Waals surface area contributed by atoms with Gasteiger partial charge in [0.1, 0.15) is 5.15 Å². The number of carbonyl (C=O) groups excluding carboxylic acids is 1. The van der Waals surface area contributed by atoms with Gasteiger partial charge in [-0.05, 0) is 37.0 Å². The minimum atomic E-state index is -0.0923. The van der Waals surface area contributed by atoms with Crippen LogP contribution >= 0.6 is 23.4 Å². The molecule has 1 rings (SSSR count). The van der Waals surface area contributed by atoms with Crippen LogP contribution in [0.25, 0.3) is 0 Å². The third-order valence-electron chi connectivity index (χ3n) is 2.25. The minimum Gasteiger partial charge on any atom is -0.352 e. The summed E-state index contributed by atoms with van der Waals surface area (Å²) in [6.07, 6.45) is 2.06. The number of rotatable bonds is 5. The van der Waals surface area contributed by atoms with E-state index in [-0.39, 0.29) is 5.91 Å². The first-order valence-electron chi connectivity index (χ1n) is 5.44. The lowest BCUT2D eigenvalue weighted by Crippen LogP contribution is -2.29. The van der Waals surface area contributed by atoms with Crippen LogP contribution < -0.4 is 5.32 Å². The molecule has 0 saturated heterocycles. The molecule has 5 heteroatoms. The summed E-state index contributed by atoms with van der Waals surface area (Å²) >= 11 is 7.59. The number of halogens is 1. The largest absolute Gasteiger partial charge is 0.352 e. The van der Waals surface area contributed by atoms with E-state index in [2.05, 4.69) is 23.5 Å². The maximum atomic E-state index is 11.9.